The number of hydrogen-bond acceptors (Lipinski definition) is 9. The van der Waals surface area contributed by atoms with E-state index in [9.17, 15) is 0 Å². The number of methoxy groups -OCH3 is 3. The van der Waals surface area contributed by atoms with Crippen LogP contribution in [0.25, 0.3) is 10.9 Å². The van der Waals surface area contributed by atoms with Gasteiger partial charge in [0.05, 0.1) is 37.9 Å². The van der Waals surface area contributed by atoms with Crippen molar-refractivity contribution < 1.29 is 14.2 Å². The van der Waals surface area contributed by atoms with Crippen LogP contribution in [0.1, 0.15) is 0 Å². The van der Waals surface area contributed by atoms with Crippen molar-refractivity contribution in [1.82, 2.24) is 14.7 Å². The van der Waals surface area contributed by atoms with Gasteiger partial charge in [0.1, 0.15) is 12.1 Å². The first-order valence-corrected chi connectivity index (χ1v) is 10.4. The van der Waals surface area contributed by atoms with Crippen molar-refractivity contribution in [3.63, 3.8) is 0 Å². The molecule has 0 aliphatic heterocycles. The zero-order valence-electron chi connectivity index (χ0n) is 16.3. The molecule has 0 spiro atoms. The lowest BCUT2D eigenvalue weighted by atomic mass is 10.1. The normalized spacial score (nSPS) is 10.8. The van der Waals surface area contributed by atoms with Crippen molar-refractivity contribution in [3.8, 4) is 17.2 Å². The van der Waals surface area contributed by atoms with Gasteiger partial charge in [-0.3, -0.25) is 4.72 Å². The minimum absolute atomic E-state index is 0.500. The standard InChI is InChI=1S/C19H22N4O3S2/c1-20-28-11-6-7-15(27-5)12(8-11)23-19-16-13(21-10-22-19)9-14(24-2)17(25-3)18(16)26-4/h6-10,20H,1-5H3,(H,21,22,23). The van der Waals surface area contributed by atoms with Crippen LogP contribution >= 0.6 is 23.7 Å². The van der Waals surface area contributed by atoms with Gasteiger partial charge in [-0.25, -0.2) is 9.97 Å². The van der Waals surface area contributed by atoms with E-state index in [2.05, 4.69) is 38.2 Å². The van der Waals surface area contributed by atoms with Gasteiger partial charge in [-0.15, -0.1) is 11.8 Å². The van der Waals surface area contributed by atoms with E-state index in [1.807, 2.05) is 19.4 Å². The molecular weight excluding hydrogens is 396 g/mol. The fraction of sp³-hybridized carbons (Fsp3) is 0.263. The summed E-state index contributed by atoms with van der Waals surface area (Å²) in [4.78, 5) is 11.0. The third-order valence-electron chi connectivity index (χ3n) is 4.07. The summed E-state index contributed by atoms with van der Waals surface area (Å²) in [6, 6.07) is 8.04. The molecule has 0 amide bonds. The highest BCUT2D eigenvalue weighted by molar-refractivity contribution is 7.98. The molecule has 2 N–H and O–H groups in total. The fourth-order valence-electron chi connectivity index (χ4n) is 2.88. The summed E-state index contributed by atoms with van der Waals surface area (Å²) in [7, 11) is 6.64. The second-order valence-electron chi connectivity index (χ2n) is 5.56. The quantitative estimate of drug-likeness (QED) is 0.410. The van der Waals surface area contributed by atoms with E-state index in [1.54, 1.807) is 45.0 Å². The van der Waals surface area contributed by atoms with Crippen LogP contribution in [0.15, 0.2) is 40.4 Å². The summed E-state index contributed by atoms with van der Waals surface area (Å²) in [6.07, 6.45) is 3.55. The molecule has 2 aromatic carbocycles. The number of ether oxygens (including phenoxy) is 3. The first-order valence-electron chi connectivity index (χ1n) is 8.39. The molecule has 148 valence electrons. The number of rotatable bonds is 8. The summed E-state index contributed by atoms with van der Waals surface area (Å²) >= 11 is 3.21. The number of thioether (sulfide) groups is 1. The van der Waals surface area contributed by atoms with E-state index in [-0.39, 0.29) is 0 Å². The topological polar surface area (TPSA) is 77.5 Å². The average Bonchev–Trinajstić information content (AvgIpc) is 2.72. The monoisotopic (exact) mass is 418 g/mol. The molecule has 7 nitrogen and oxygen atoms in total. The smallest absolute Gasteiger partial charge is 0.204 e. The molecule has 0 unspecified atom stereocenters. The van der Waals surface area contributed by atoms with Gasteiger partial charge in [0.25, 0.3) is 0 Å². The molecule has 3 aromatic rings. The Morgan fingerprint density at radius 3 is 2.39 bits per heavy atom. The summed E-state index contributed by atoms with van der Waals surface area (Å²) < 4.78 is 19.7. The maximum absolute atomic E-state index is 5.64. The van der Waals surface area contributed by atoms with Gasteiger partial charge >= 0.3 is 0 Å². The lowest BCUT2D eigenvalue weighted by molar-refractivity contribution is 0.327. The highest BCUT2D eigenvalue weighted by atomic mass is 32.2. The Kier molecular flexibility index (Phi) is 6.71. The SMILES string of the molecule is CNSc1ccc(SC)c(Nc2ncnc3cc(OC)c(OC)c(OC)c23)c1. The third-order valence-corrected chi connectivity index (χ3v) is 5.56. The van der Waals surface area contributed by atoms with Gasteiger partial charge < -0.3 is 19.5 Å². The maximum atomic E-state index is 5.64. The Hall–Kier alpha value is -2.36. The highest BCUT2D eigenvalue weighted by Gasteiger charge is 2.20. The Labute approximate surface area is 172 Å². The van der Waals surface area contributed by atoms with Crippen molar-refractivity contribution in [3.05, 3.63) is 30.6 Å². The molecule has 28 heavy (non-hydrogen) atoms. The summed E-state index contributed by atoms with van der Waals surface area (Å²) in [6.45, 7) is 0. The minimum Gasteiger partial charge on any atom is -0.493 e. The molecule has 0 radical (unpaired) electrons. The lowest BCUT2D eigenvalue weighted by Gasteiger charge is -2.17. The van der Waals surface area contributed by atoms with E-state index < -0.39 is 0 Å². The largest absolute Gasteiger partial charge is 0.493 e. The summed E-state index contributed by atoms with van der Waals surface area (Å²) in [5.41, 5.74) is 1.64. The van der Waals surface area contributed by atoms with Crippen LogP contribution in [-0.2, 0) is 0 Å². The van der Waals surface area contributed by atoms with Crippen LogP contribution in [0.5, 0.6) is 17.2 Å². The molecule has 3 rings (SSSR count). The van der Waals surface area contributed by atoms with Crippen LogP contribution in [0.3, 0.4) is 0 Å². The predicted octanol–water partition coefficient (Wildman–Crippen LogP) is 4.35. The van der Waals surface area contributed by atoms with Crippen molar-refractivity contribution >= 4 is 46.1 Å². The van der Waals surface area contributed by atoms with E-state index in [0.717, 1.165) is 20.9 Å². The van der Waals surface area contributed by atoms with Crippen molar-refractivity contribution in [2.45, 2.75) is 9.79 Å². The van der Waals surface area contributed by atoms with E-state index >= 15 is 0 Å². The number of hydrogen-bond donors (Lipinski definition) is 2. The van der Waals surface area contributed by atoms with Crippen molar-refractivity contribution in [2.75, 3.05) is 39.9 Å². The van der Waals surface area contributed by atoms with Crippen LogP contribution in [0.2, 0.25) is 0 Å². The zero-order valence-corrected chi connectivity index (χ0v) is 18.0. The van der Waals surface area contributed by atoms with Crippen molar-refractivity contribution in [2.24, 2.45) is 0 Å². The van der Waals surface area contributed by atoms with Crippen LogP contribution < -0.4 is 24.2 Å². The Balaban J connectivity index is 2.18. The molecule has 1 heterocycles. The highest BCUT2D eigenvalue weighted by Crippen LogP contribution is 2.45. The molecule has 0 saturated heterocycles. The van der Waals surface area contributed by atoms with Gasteiger partial charge in [0.2, 0.25) is 5.75 Å². The maximum Gasteiger partial charge on any atom is 0.204 e. The minimum atomic E-state index is 0.500. The van der Waals surface area contributed by atoms with Crippen LogP contribution in [-0.4, -0.2) is 44.6 Å². The zero-order chi connectivity index (χ0) is 20.1. The predicted molar refractivity (Wildman–Crippen MR) is 116 cm³/mol. The Morgan fingerprint density at radius 2 is 1.75 bits per heavy atom. The van der Waals surface area contributed by atoms with Gasteiger partial charge in [-0.1, -0.05) is 0 Å². The van der Waals surface area contributed by atoms with Gasteiger partial charge in [-0.2, -0.15) is 0 Å². The van der Waals surface area contributed by atoms with E-state index in [0.29, 0.717) is 28.6 Å². The summed E-state index contributed by atoms with van der Waals surface area (Å²) in [5, 5.41) is 4.16. The molecule has 1 aromatic heterocycles. The molecule has 0 aliphatic carbocycles. The summed E-state index contributed by atoms with van der Waals surface area (Å²) in [5.74, 6) is 2.20. The van der Waals surface area contributed by atoms with Gasteiger partial charge in [0, 0.05) is 15.9 Å². The van der Waals surface area contributed by atoms with Crippen LogP contribution in [0.4, 0.5) is 11.5 Å². The Morgan fingerprint density at radius 1 is 0.964 bits per heavy atom. The average molecular weight is 419 g/mol. The molecule has 0 saturated carbocycles. The molecular formula is C19H22N4O3S2. The first-order chi connectivity index (χ1) is 13.7. The van der Waals surface area contributed by atoms with E-state index in [4.69, 9.17) is 14.2 Å². The van der Waals surface area contributed by atoms with Crippen LogP contribution in [0, 0.1) is 0 Å². The number of benzene rings is 2. The second-order valence-corrected chi connectivity index (χ2v) is 7.49. The number of fused-ring (bicyclic) bond motifs is 1. The number of aromatic nitrogens is 2. The third kappa shape index (κ3) is 3.91. The molecule has 0 bridgehead atoms. The lowest BCUT2D eigenvalue weighted by Crippen LogP contribution is -2.02. The number of nitrogens with zero attached hydrogens (tertiary/aromatic N) is 2. The molecule has 0 aliphatic rings. The van der Waals surface area contributed by atoms with Crippen molar-refractivity contribution in [1.29, 1.82) is 0 Å². The van der Waals surface area contributed by atoms with Gasteiger partial charge in [-0.05, 0) is 43.5 Å². The number of anilines is 2. The molecule has 0 fully saturated rings. The van der Waals surface area contributed by atoms with E-state index in [1.165, 1.54) is 6.33 Å². The fourth-order valence-corrected chi connectivity index (χ4v) is 3.96. The molecule has 0 atom stereocenters. The molecule has 9 heteroatoms. The first kappa shape index (κ1) is 20.4. The number of nitrogens with one attached hydrogen (secondary N) is 2. The van der Waals surface area contributed by atoms with Gasteiger partial charge in [0.15, 0.2) is 11.5 Å². The second kappa shape index (κ2) is 9.22. The Bertz CT molecular complexity index is 985.